The second-order valence-electron chi connectivity index (χ2n) is 5.17. The lowest BCUT2D eigenvalue weighted by Gasteiger charge is -2.16. The topological polar surface area (TPSA) is 75.3 Å². The number of nitrogens with one attached hydrogen (secondary N) is 2. The van der Waals surface area contributed by atoms with Gasteiger partial charge in [-0.2, -0.15) is 0 Å². The largest absolute Gasteiger partial charge is 0.354 e. The number of hydrogen-bond donors (Lipinski definition) is 2. The Labute approximate surface area is 128 Å². The van der Waals surface area contributed by atoms with Crippen LogP contribution in [0.15, 0.2) is 0 Å². The second-order valence-corrected chi connectivity index (χ2v) is 7.52. The SMILES string of the molecule is CCS(=O)(=O)CC(=O)NCCNC1CCCCCC1.Cl. The highest BCUT2D eigenvalue weighted by atomic mass is 35.5. The highest BCUT2D eigenvalue weighted by molar-refractivity contribution is 7.92. The fourth-order valence-electron chi connectivity index (χ4n) is 2.31. The summed E-state index contributed by atoms with van der Waals surface area (Å²) in [6.45, 7) is 2.76. The van der Waals surface area contributed by atoms with E-state index in [2.05, 4.69) is 10.6 Å². The van der Waals surface area contributed by atoms with Crippen LogP contribution in [0.25, 0.3) is 0 Å². The van der Waals surface area contributed by atoms with Gasteiger partial charge in [-0.1, -0.05) is 32.6 Å². The minimum absolute atomic E-state index is 0. The molecule has 120 valence electrons. The molecule has 7 heteroatoms. The molecule has 1 saturated carbocycles. The molecule has 0 bridgehead atoms. The van der Waals surface area contributed by atoms with Gasteiger partial charge in [-0.3, -0.25) is 4.79 Å². The van der Waals surface area contributed by atoms with Gasteiger partial charge in [0.1, 0.15) is 5.75 Å². The van der Waals surface area contributed by atoms with E-state index in [0.717, 1.165) is 0 Å². The lowest BCUT2D eigenvalue weighted by atomic mass is 10.1. The number of sulfone groups is 1. The summed E-state index contributed by atoms with van der Waals surface area (Å²) in [6, 6.07) is 0.554. The predicted molar refractivity (Wildman–Crippen MR) is 84.1 cm³/mol. The molecule has 5 nitrogen and oxygen atoms in total. The van der Waals surface area contributed by atoms with Crippen molar-refractivity contribution >= 4 is 28.2 Å². The molecule has 20 heavy (non-hydrogen) atoms. The van der Waals surface area contributed by atoms with Crippen LogP contribution in [-0.2, 0) is 14.6 Å². The van der Waals surface area contributed by atoms with E-state index in [1.807, 2.05) is 0 Å². The summed E-state index contributed by atoms with van der Waals surface area (Å²) in [4.78, 5) is 11.4. The van der Waals surface area contributed by atoms with Gasteiger partial charge in [0, 0.05) is 24.9 Å². The lowest BCUT2D eigenvalue weighted by molar-refractivity contribution is -0.118. The molecule has 0 saturated heterocycles. The Hall–Kier alpha value is -0.330. The van der Waals surface area contributed by atoms with Crippen LogP contribution >= 0.6 is 12.4 Å². The summed E-state index contributed by atoms with van der Waals surface area (Å²) < 4.78 is 22.5. The van der Waals surface area contributed by atoms with Crippen LogP contribution in [-0.4, -0.2) is 45.0 Å². The average molecular weight is 327 g/mol. The van der Waals surface area contributed by atoms with Crippen molar-refractivity contribution < 1.29 is 13.2 Å². The second kappa shape index (κ2) is 10.4. The molecule has 2 N–H and O–H groups in total. The average Bonchev–Trinajstić information content (AvgIpc) is 2.63. The van der Waals surface area contributed by atoms with Crippen molar-refractivity contribution in [1.82, 2.24) is 10.6 Å². The normalized spacial score (nSPS) is 17.1. The molecule has 0 aromatic rings. The van der Waals surface area contributed by atoms with Crippen LogP contribution in [0.5, 0.6) is 0 Å². The third-order valence-corrected chi connectivity index (χ3v) is 5.11. The van der Waals surface area contributed by atoms with E-state index in [1.54, 1.807) is 6.92 Å². The molecular formula is C13H27ClN2O3S. The molecule has 0 radical (unpaired) electrons. The zero-order valence-electron chi connectivity index (χ0n) is 12.2. The number of amides is 1. The van der Waals surface area contributed by atoms with Crippen molar-refractivity contribution in [1.29, 1.82) is 0 Å². The molecule has 1 rings (SSSR count). The summed E-state index contributed by atoms with van der Waals surface area (Å²) in [5.74, 6) is -0.780. The monoisotopic (exact) mass is 326 g/mol. The Morgan fingerprint density at radius 1 is 1.10 bits per heavy atom. The van der Waals surface area contributed by atoms with Crippen molar-refractivity contribution in [3.8, 4) is 0 Å². The summed E-state index contributed by atoms with van der Waals surface area (Å²) in [5.41, 5.74) is 0. The van der Waals surface area contributed by atoms with Gasteiger partial charge in [-0.25, -0.2) is 8.42 Å². The molecule has 1 amide bonds. The van der Waals surface area contributed by atoms with Crippen molar-refractivity contribution in [2.75, 3.05) is 24.6 Å². The maximum Gasteiger partial charge on any atom is 0.235 e. The van der Waals surface area contributed by atoms with E-state index in [1.165, 1.54) is 38.5 Å². The first-order valence-corrected chi connectivity index (χ1v) is 9.06. The molecule has 0 aliphatic heterocycles. The van der Waals surface area contributed by atoms with E-state index < -0.39 is 21.5 Å². The summed E-state index contributed by atoms with van der Waals surface area (Å²) in [5, 5.41) is 6.08. The van der Waals surface area contributed by atoms with Crippen molar-refractivity contribution in [2.45, 2.75) is 51.5 Å². The molecule has 0 heterocycles. The fraction of sp³-hybridized carbons (Fsp3) is 0.923. The Bertz CT molecular complexity index is 366. The highest BCUT2D eigenvalue weighted by Gasteiger charge is 2.14. The van der Waals surface area contributed by atoms with E-state index in [0.29, 0.717) is 19.1 Å². The van der Waals surface area contributed by atoms with Gasteiger partial charge >= 0.3 is 0 Å². The molecule has 1 aliphatic rings. The molecule has 0 aromatic heterocycles. The molecule has 1 aliphatic carbocycles. The highest BCUT2D eigenvalue weighted by Crippen LogP contribution is 2.16. The Kier molecular flexibility index (Phi) is 10.2. The predicted octanol–water partition coefficient (Wildman–Crippen LogP) is 1.27. The minimum Gasteiger partial charge on any atom is -0.354 e. The van der Waals surface area contributed by atoms with Crippen molar-refractivity contribution in [3.63, 3.8) is 0 Å². The Balaban J connectivity index is 0.00000361. The third kappa shape index (κ3) is 8.76. The zero-order chi connectivity index (χ0) is 14.1. The first kappa shape index (κ1) is 19.7. The summed E-state index contributed by atoms with van der Waals surface area (Å²) in [6.07, 6.45) is 7.61. The maximum absolute atomic E-state index is 11.4. The smallest absolute Gasteiger partial charge is 0.235 e. The van der Waals surface area contributed by atoms with Gasteiger partial charge in [-0.05, 0) is 12.8 Å². The van der Waals surface area contributed by atoms with Crippen molar-refractivity contribution in [3.05, 3.63) is 0 Å². The number of carbonyl (C=O) groups is 1. The Morgan fingerprint density at radius 2 is 1.70 bits per heavy atom. The Morgan fingerprint density at radius 3 is 2.25 bits per heavy atom. The third-order valence-electron chi connectivity index (χ3n) is 3.53. The van der Waals surface area contributed by atoms with Crippen LogP contribution in [0.4, 0.5) is 0 Å². The van der Waals surface area contributed by atoms with Crippen LogP contribution < -0.4 is 10.6 Å². The molecular weight excluding hydrogens is 300 g/mol. The maximum atomic E-state index is 11.4. The van der Waals surface area contributed by atoms with Gasteiger partial charge in [0.2, 0.25) is 5.91 Å². The van der Waals surface area contributed by atoms with Crippen LogP contribution in [0, 0.1) is 0 Å². The lowest BCUT2D eigenvalue weighted by Crippen LogP contribution is -2.38. The van der Waals surface area contributed by atoms with Gasteiger partial charge in [-0.15, -0.1) is 12.4 Å². The first-order valence-electron chi connectivity index (χ1n) is 7.24. The van der Waals surface area contributed by atoms with Crippen molar-refractivity contribution in [2.24, 2.45) is 0 Å². The number of halogens is 1. The summed E-state index contributed by atoms with van der Waals surface area (Å²) >= 11 is 0. The summed E-state index contributed by atoms with van der Waals surface area (Å²) in [7, 11) is -3.21. The van der Waals surface area contributed by atoms with E-state index in [9.17, 15) is 13.2 Å². The molecule has 0 atom stereocenters. The van der Waals surface area contributed by atoms with Gasteiger partial charge in [0.05, 0.1) is 0 Å². The van der Waals surface area contributed by atoms with Gasteiger partial charge < -0.3 is 10.6 Å². The molecule has 0 spiro atoms. The zero-order valence-corrected chi connectivity index (χ0v) is 13.8. The van der Waals surface area contributed by atoms with E-state index >= 15 is 0 Å². The first-order chi connectivity index (χ1) is 9.03. The van der Waals surface area contributed by atoms with E-state index in [-0.39, 0.29) is 18.2 Å². The fourth-order valence-corrected chi connectivity index (χ4v) is 3.02. The molecule has 1 fully saturated rings. The van der Waals surface area contributed by atoms with Gasteiger partial charge in [0.25, 0.3) is 0 Å². The van der Waals surface area contributed by atoms with Crippen LogP contribution in [0.1, 0.15) is 45.4 Å². The van der Waals surface area contributed by atoms with Gasteiger partial charge in [0.15, 0.2) is 9.84 Å². The van der Waals surface area contributed by atoms with E-state index in [4.69, 9.17) is 0 Å². The number of carbonyl (C=O) groups excluding carboxylic acids is 1. The van der Waals surface area contributed by atoms with Crippen LogP contribution in [0.3, 0.4) is 0 Å². The molecule has 0 aromatic carbocycles. The minimum atomic E-state index is -3.21. The quantitative estimate of drug-likeness (QED) is 0.546. The standard InChI is InChI=1S/C13H26N2O3S.ClH/c1-2-19(17,18)11-13(16)15-10-9-14-12-7-5-3-4-6-8-12;/h12,14H,2-11H2,1H3,(H,15,16);1H. The number of rotatable bonds is 7. The van der Waals surface area contributed by atoms with Crippen LogP contribution in [0.2, 0.25) is 0 Å². The number of hydrogen-bond acceptors (Lipinski definition) is 4. The molecule has 0 unspecified atom stereocenters.